The molecule has 1 amide bonds. The zero-order valence-electron chi connectivity index (χ0n) is 6.80. The smallest absolute Gasteiger partial charge is 0.280 e. The molecule has 0 aliphatic rings. The molecule has 0 atom stereocenters. The molecule has 0 aliphatic carbocycles. The molecule has 0 unspecified atom stereocenters. The molecule has 1 aromatic rings. The van der Waals surface area contributed by atoms with Crippen LogP contribution >= 0.6 is 0 Å². The lowest BCUT2D eigenvalue weighted by molar-refractivity contribution is 0.0989. The van der Waals surface area contributed by atoms with Gasteiger partial charge in [-0.25, -0.2) is 18.2 Å². The van der Waals surface area contributed by atoms with Crippen molar-refractivity contribution >= 4 is 11.6 Å². The van der Waals surface area contributed by atoms with Crippen LogP contribution in [0.1, 0.15) is 22.6 Å². The first kappa shape index (κ1) is 10.3. The van der Waals surface area contributed by atoms with Crippen molar-refractivity contribution in [2.24, 2.45) is 5.73 Å². The van der Waals surface area contributed by atoms with Gasteiger partial charge >= 0.3 is 0 Å². The highest BCUT2D eigenvalue weighted by Crippen LogP contribution is 2.22. The highest BCUT2D eigenvalue weighted by Gasteiger charge is 2.19. The van der Waals surface area contributed by atoms with Crippen LogP contribution < -0.4 is 11.5 Å². The van der Waals surface area contributed by atoms with Crippen molar-refractivity contribution in [2.75, 3.05) is 5.73 Å². The summed E-state index contributed by atoms with van der Waals surface area (Å²) < 4.78 is 37.2. The van der Waals surface area contributed by atoms with E-state index in [0.29, 0.717) is 6.07 Å². The molecule has 0 radical (unpaired) electrons. The van der Waals surface area contributed by atoms with Crippen molar-refractivity contribution < 1.29 is 18.0 Å². The number of nitrogens with two attached hydrogens (primary N) is 2. The van der Waals surface area contributed by atoms with Crippen molar-refractivity contribution in [3.05, 3.63) is 23.3 Å². The lowest BCUT2D eigenvalue weighted by Gasteiger charge is -2.04. The minimum Gasteiger partial charge on any atom is -0.396 e. The fourth-order valence-corrected chi connectivity index (χ4v) is 0.845. The lowest BCUT2D eigenvalue weighted by atomic mass is 10.2. The van der Waals surface area contributed by atoms with Crippen molar-refractivity contribution in [1.82, 2.24) is 4.98 Å². The van der Waals surface area contributed by atoms with Crippen molar-refractivity contribution in [1.29, 1.82) is 0 Å². The number of hydrogen-bond donors (Lipinski definition) is 2. The summed E-state index contributed by atoms with van der Waals surface area (Å²) in [5, 5.41) is 0. The van der Waals surface area contributed by atoms with Gasteiger partial charge in [-0.2, -0.15) is 0 Å². The van der Waals surface area contributed by atoms with E-state index in [2.05, 4.69) is 4.98 Å². The zero-order valence-corrected chi connectivity index (χ0v) is 6.80. The topological polar surface area (TPSA) is 82.0 Å². The lowest BCUT2D eigenvalue weighted by Crippen LogP contribution is -2.17. The molecule has 0 spiro atoms. The van der Waals surface area contributed by atoms with Crippen LogP contribution in [-0.2, 0) is 0 Å². The van der Waals surface area contributed by atoms with Crippen molar-refractivity contribution in [3.8, 4) is 0 Å². The van der Waals surface area contributed by atoms with Crippen LogP contribution in [0.15, 0.2) is 6.07 Å². The Morgan fingerprint density at radius 1 is 1.50 bits per heavy atom. The first-order valence-electron chi connectivity index (χ1n) is 3.47. The van der Waals surface area contributed by atoms with Gasteiger partial charge < -0.3 is 11.5 Å². The Labute approximate surface area is 76.7 Å². The monoisotopic (exact) mass is 205 g/mol. The molecule has 4 N–H and O–H groups in total. The normalized spacial score (nSPS) is 10.6. The maximum Gasteiger partial charge on any atom is 0.280 e. The molecule has 1 heterocycles. The summed E-state index contributed by atoms with van der Waals surface area (Å²) in [7, 11) is 0. The summed E-state index contributed by atoms with van der Waals surface area (Å²) in [6.07, 6.45) is -2.93. The van der Waals surface area contributed by atoms with Crippen LogP contribution in [0.25, 0.3) is 0 Å². The maximum atomic E-state index is 13.0. The number of carbonyl (C=O) groups is 1. The van der Waals surface area contributed by atoms with E-state index >= 15 is 0 Å². The van der Waals surface area contributed by atoms with E-state index < -0.39 is 35.2 Å². The van der Waals surface area contributed by atoms with E-state index in [1.54, 1.807) is 0 Å². The number of primary amides is 1. The molecule has 0 aromatic carbocycles. The highest BCUT2D eigenvalue weighted by atomic mass is 19.3. The SMILES string of the molecule is NC(=O)c1nc(C(F)F)cc(N)c1F. The molecule has 76 valence electrons. The molecule has 7 heteroatoms. The Balaban J connectivity index is 3.35. The van der Waals surface area contributed by atoms with Crippen molar-refractivity contribution in [2.45, 2.75) is 6.43 Å². The van der Waals surface area contributed by atoms with Crippen LogP contribution in [0.4, 0.5) is 18.9 Å². The Kier molecular flexibility index (Phi) is 2.59. The number of alkyl halides is 2. The van der Waals surface area contributed by atoms with E-state index in [0.717, 1.165) is 0 Å². The third kappa shape index (κ3) is 1.76. The average Bonchev–Trinajstić information content (AvgIpc) is 2.08. The molecular formula is C7H6F3N3O. The number of nitrogen functional groups attached to an aromatic ring is 1. The van der Waals surface area contributed by atoms with Crippen LogP contribution in [0, 0.1) is 5.82 Å². The standard InChI is InChI=1S/C7H6F3N3O/c8-4-2(11)1-3(6(9)10)13-5(4)7(12)14/h1,6H,(H2,11,13)(H2,12,14). The second-order valence-corrected chi connectivity index (χ2v) is 2.46. The van der Waals surface area contributed by atoms with E-state index in [9.17, 15) is 18.0 Å². The number of pyridine rings is 1. The quantitative estimate of drug-likeness (QED) is 0.750. The predicted octanol–water partition coefficient (Wildman–Crippen LogP) is 0.839. The molecule has 1 aromatic heterocycles. The van der Waals surface area contributed by atoms with Gasteiger partial charge in [0.15, 0.2) is 11.5 Å². The van der Waals surface area contributed by atoms with Crippen LogP contribution in [0.2, 0.25) is 0 Å². The first-order chi connectivity index (χ1) is 6.43. The van der Waals surface area contributed by atoms with Gasteiger partial charge in [0.1, 0.15) is 5.69 Å². The van der Waals surface area contributed by atoms with E-state index in [1.807, 2.05) is 0 Å². The summed E-state index contributed by atoms with van der Waals surface area (Å²) in [4.78, 5) is 13.6. The Morgan fingerprint density at radius 3 is 2.50 bits per heavy atom. The number of anilines is 1. The average molecular weight is 205 g/mol. The predicted molar refractivity (Wildman–Crippen MR) is 42.1 cm³/mol. The molecular weight excluding hydrogens is 199 g/mol. The summed E-state index contributed by atoms with van der Waals surface area (Å²) >= 11 is 0. The molecule has 4 nitrogen and oxygen atoms in total. The molecule has 0 bridgehead atoms. The maximum absolute atomic E-state index is 13.0. The highest BCUT2D eigenvalue weighted by molar-refractivity contribution is 5.92. The molecule has 1 rings (SSSR count). The fraction of sp³-hybridized carbons (Fsp3) is 0.143. The third-order valence-electron chi connectivity index (χ3n) is 1.46. The van der Waals surface area contributed by atoms with Gasteiger partial charge in [0, 0.05) is 0 Å². The Bertz CT molecular complexity index is 381. The van der Waals surface area contributed by atoms with Gasteiger partial charge in [-0.15, -0.1) is 0 Å². The molecule has 0 fully saturated rings. The number of carbonyl (C=O) groups excluding carboxylic acids is 1. The van der Waals surface area contributed by atoms with E-state index in [1.165, 1.54) is 0 Å². The zero-order chi connectivity index (χ0) is 10.9. The molecule has 0 saturated carbocycles. The van der Waals surface area contributed by atoms with Crippen LogP contribution in [0.5, 0.6) is 0 Å². The second kappa shape index (κ2) is 3.52. The largest absolute Gasteiger partial charge is 0.396 e. The fourth-order valence-electron chi connectivity index (χ4n) is 0.845. The van der Waals surface area contributed by atoms with E-state index in [-0.39, 0.29) is 0 Å². The Hall–Kier alpha value is -1.79. The van der Waals surface area contributed by atoms with Gasteiger partial charge in [-0.05, 0) is 6.07 Å². The van der Waals surface area contributed by atoms with Crippen molar-refractivity contribution in [3.63, 3.8) is 0 Å². The van der Waals surface area contributed by atoms with Gasteiger partial charge in [0.2, 0.25) is 0 Å². The minimum atomic E-state index is -2.93. The number of rotatable bonds is 2. The molecule has 14 heavy (non-hydrogen) atoms. The van der Waals surface area contributed by atoms with Crippen LogP contribution in [-0.4, -0.2) is 10.9 Å². The Morgan fingerprint density at radius 2 is 2.07 bits per heavy atom. The number of halogens is 3. The number of amides is 1. The summed E-state index contributed by atoms with van der Waals surface area (Å²) in [6.45, 7) is 0. The number of aromatic nitrogens is 1. The molecule has 0 saturated heterocycles. The van der Waals surface area contributed by atoms with Gasteiger partial charge in [0.05, 0.1) is 5.69 Å². The summed E-state index contributed by atoms with van der Waals surface area (Å²) in [5.74, 6) is -2.42. The van der Waals surface area contributed by atoms with E-state index in [4.69, 9.17) is 11.5 Å². The summed E-state index contributed by atoms with van der Waals surface area (Å²) in [5.41, 5.74) is 7.52. The summed E-state index contributed by atoms with van der Waals surface area (Å²) in [6, 6.07) is 0.659. The number of nitrogens with zero attached hydrogens (tertiary/aromatic N) is 1. The third-order valence-corrected chi connectivity index (χ3v) is 1.46. The van der Waals surface area contributed by atoms with Gasteiger partial charge in [-0.3, -0.25) is 4.79 Å². The second-order valence-electron chi connectivity index (χ2n) is 2.46. The number of hydrogen-bond acceptors (Lipinski definition) is 3. The van der Waals surface area contributed by atoms with Crippen LogP contribution in [0.3, 0.4) is 0 Å². The van der Waals surface area contributed by atoms with Gasteiger partial charge in [0.25, 0.3) is 12.3 Å². The van der Waals surface area contributed by atoms with Gasteiger partial charge in [-0.1, -0.05) is 0 Å². The first-order valence-corrected chi connectivity index (χ1v) is 3.47. The minimum absolute atomic E-state index is 0.580. The molecule has 0 aliphatic heterocycles.